The normalized spacial score (nSPS) is 14.3. The lowest BCUT2D eigenvalue weighted by molar-refractivity contribution is 0.484. The zero-order chi connectivity index (χ0) is 14.4. The molecule has 0 saturated heterocycles. The lowest BCUT2D eigenvalue weighted by Gasteiger charge is -2.12. The van der Waals surface area contributed by atoms with Crippen molar-refractivity contribution >= 4 is 28.8 Å². The van der Waals surface area contributed by atoms with Gasteiger partial charge in [0.2, 0.25) is 0 Å². The molecule has 3 heterocycles. The van der Waals surface area contributed by atoms with E-state index in [1.165, 1.54) is 0 Å². The summed E-state index contributed by atoms with van der Waals surface area (Å²) in [5.41, 5.74) is 9.35. The van der Waals surface area contributed by atoms with Gasteiger partial charge in [0.1, 0.15) is 10.0 Å². The number of rotatable bonds is 2. The van der Waals surface area contributed by atoms with Crippen LogP contribution < -0.4 is 5.73 Å². The zero-order valence-electron chi connectivity index (χ0n) is 11.5. The van der Waals surface area contributed by atoms with Gasteiger partial charge in [-0.2, -0.15) is 10.2 Å². The number of aryl methyl sites for hydroxylation is 2. The summed E-state index contributed by atoms with van der Waals surface area (Å²) >= 11 is 11.6. The van der Waals surface area contributed by atoms with Gasteiger partial charge in [0.05, 0.1) is 22.6 Å². The fraction of sp³-hybridized carbons (Fsp3) is 0.462. The van der Waals surface area contributed by atoms with Crippen LogP contribution in [0.4, 0.5) is 0 Å². The Morgan fingerprint density at radius 2 is 2.05 bits per heavy atom. The van der Waals surface area contributed by atoms with Crippen molar-refractivity contribution in [3.05, 3.63) is 27.7 Å². The van der Waals surface area contributed by atoms with Crippen LogP contribution in [0.1, 0.15) is 35.5 Å². The highest BCUT2D eigenvalue weighted by Crippen LogP contribution is 2.30. The van der Waals surface area contributed by atoms with Crippen LogP contribution in [0.25, 0.3) is 5.82 Å². The van der Waals surface area contributed by atoms with Crippen molar-refractivity contribution in [3.63, 3.8) is 0 Å². The number of halogens is 1. The van der Waals surface area contributed by atoms with Gasteiger partial charge in [0.25, 0.3) is 0 Å². The first-order valence-electron chi connectivity index (χ1n) is 6.62. The molecule has 0 amide bonds. The van der Waals surface area contributed by atoms with Crippen molar-refractivity contribution in [1.29, 1.82) is 0 Å². The van der Waals surface area contributed by atoms with Crippen molar-refractivity contribution in [2.75, 3.05) is 0 Å². The summed E-state index contributed by atoms with van der Waals surface area (Å²) in [4.78, 5) is 0.353. The van der Waals surface area contributed by atoms with E-state index in [1.54, 1.807) is 4.68 Å². The van der Waals surface area contributed by atoms with Gasteiger partial charge in [-0.15, -0.1) is 0 Å². The molecule has 0 radical (unpaired) electrons. The average molecular weight is 310 g/mol. The standard InChI is InChI=1S/C13H16ClN5S/c1-7-10(12(15)20)8(2)19(16-7)13-11(14)9-5-3-4-6-18(9)17-13/h3-6H2,1-2H3,(H2,15,20). The minimum absolute atomic E-state index is 0.353. The summed E-state index contributed by atoms with van der Waals surface area (Å²) < 4.78 is 3.73. The van der Waals surface area contributed by atoms with Crippen LogP contribution in [-0.4, -0.2) is 24.5 Å². The van der Waals surface area contributed by atoms with Crippen LogP contribution in [0.5, 0.6) is 0 Å². The summed E-state index contributed by atoms with van der Waals surface area (Å²) in [6.07, 6.45) is 3.26. The number of hydrogen-bond donors (Lipinski definition) is 1. The second kappa shape index (κ2) is 4.86. The summed E-state index contributed by atoms with van der Waals surface area (Å²) in [5, 5.41) is 9.78. The molecule has 0 saturated carbocycles. The minimum Gasteiger partial charge on any atom is -0.389 e. The van der Waals surface area contributed by atoms with E-state index in [9.17, 15) is 0 Å². The molecule has 2 N–H and O–H groups in total. The van der Waals surface area contributed by atoms with Gasteiger partial charge in [-0.1, -0.05) is 23.8 Å². The molecule has 1 aliphatic rings. The van der Waals surface area contributed by atoms with E-state index in [0.717, 1.165) is 48.5 Å². The molecular formula is C13H16ClN5S. The third kappa shape index (κ3) is 1.94. The average Bonchev–Trinajstić information content (AvgIpc) is 2.88. The maximum absolute atomic E-state index is 6.48. The Labute approximate surface area is 127 Å². The molecular weight excluding hydrogens is 294 g/mol. The third-order valence-corrected chi connectivity index (χ3v) is 4.34. The highest BCUT2D eigenvalue weighted by Gasteiger charge is 2.23. The Bertz CT molecular complexity index is 700. The number of fused-ring (bicyclic) bond motifs is 1. The van der Waals surface area contributed by atoms with Crippen molar-refractivity contribution in [2.24, 2.45) is 5.73 Å². The van der Waals surface area contributed by atoms with Crippen LogP contribution in [-0.2, 0) is 13.0 Å². The van der Waals surface area contributed by atoms with Crippen molar-refractivity contribution in [3.8, 4) is 5.82 Å². The van der Waals surface area contributed by atoms with E-state index in [0.29, 0.717) is 15.8 Å². The molecule has 3 rings (SSSR count). The summed E-state index contributed by atoms with van der Waals surface area (Å²) in [6.45, 7) is 4.74. The molecule has 2 aromatic heterocycles. The Kier molecular flexibility index (Phi) is 3.30. The van der Waals surface area contributed by atoms with E-state index in [-0.39, 0.29) is 0 Å². The summed E-state index contributed by atoms with van der Waals surface area (Å²) in [7, 11) is 0. The molecule has 0 aromatic carbocycles. The molecule has 0 aliphatic carbocycles. The van der Waals surface area contributed by atoms with E-state index >= 15 is 0 Å². The fourth-order valence-corrected chi connectivity index (χ4v) is 3.38. The lowest BCUT2D eigenvalue weighted by Crippen LogP contribution is -2.12. The lowest BCUT2D eigenvalue weighted by atomic mass is 10.1. The van der Waals surface area contributed by atoms with Gasteiger partial charge >= 0.3 is 0 Å². The Morgan fingerprint density at radius 3 is 2.65 bits per heavy atom. The van der Waals surface area contributed by atoms with E-state index < -0.39 is 0 Å². The second-order valence-electron chi connectivity index (χ2n) is 5.09. The molecule has 2 aromatic rings. The maximum atomic E-state index is 6.48. The number of aromatic nitrogens is 4. The Morgan fingerprint density at radius 1 is 1.30 bits per heavy atom. The highest BCUT2D eigenvalue weighted by atomic mass is 35.5. The molecule has 7 heteroatoms. The summed E-state index contributed by atoms with van der Waals surface area (Å²) in [6, 6.07) is 0. The third-order valence-electron chi connectivity index (χ3n) is 3.75. The van der Waals surface area contributed by atoms with Crippen LogP contribution >= 0.6 is 23.8 Å². The Hall–Kier alpha value is -1.40. The molecule has 5 nitrogen and oxygen atoms in total. The number of nitrogens with zero attached hydrogens (tertiary/aromatic N) is 4. The van der Waals surface area contributed by atoms with Gasteiger partial charge < -0.3 is 5.73 Å². The largest absolute Gasteiger partial charge is 0.389 e. The maximum Gasteiger partial charge on any atom is 0.194 e. The van der Waals surface area contributed by atoms with Crippen LogP contribution in [0.3, 0.4) is 0 Å². The zero-order valence-corrected chi connectivity index (χ0v) is 13.1. The first-order chi connectivity index (χ1) is 9.50. The van der Waals surface area contributed by atoms with Crippen molar-refractivity contribution < 1.29 is 0 Å². The van der Waals surface area contributed by atoms with Gasteiger partial charge in [-0.3, -0.25) is 4.68 Å². The highest BCUT2D eigenvalue weighted by molar-refractivity contribution is 7.80. The second-order valence-corrected chi connectivity index (χ2v) is 5.90. The first kappa shape index (κ1) is 13.6. The molecule has 106 valence electrons. The molecule has 0 spiro atoms. The molecule has 20 heavy (non-hydrogen) atoms. The first-order valence-corrected chi connectivity index (χ1v) is 7.41. The predicted molar refractivity (Wildman–Crippen MR) is 82.7 cm³/mol. The smallest absolute Gasteiger partial charge is 0.194 e. The van der Waals surface area contributed by atoms with Crippen LogP contribution in [0.2, 0.25) is 5.02 Å². The molecule has 0 bridgehead atoms. The van der Waals surface area contributed by atoms with Crippen LogP contribution in [0.15, 0.2) is 0 Å². The van der Waals surface area contributed by atoms with Crippen molar-refractivity contribution in [2.45, 2.75) is 39.7 Å². The van der Waals surface area contributed by atoms with E-state index in [1.807, 2.05) is 18.5 Å². The number of hydrogen-bond acceptors (Lipinski definition) is 3. The number of nitrogens with two attached hydrogens (primary N) is 1. The minimum atomic E-state index is 0.353. The van der Waals surface area contributed by atoms with Crippen LogP contribution in [0, 0.1) is 13.8 Å². The predicted octanol–water partition coefficient (Wildman–Crippen LogP) is 2.31. The van der Waals surface area contributed by atoms with E-state index in [4.69, 9.17) is 29.6 Å². The number of thiocarbonyl (C=S) groups is 1. The molecule has 0 atom stereocenters. The van der Waals surface area contributed by atoms with E-state index in [2.05, 4.69) is 10.2 Å². The SMILES string of the molecule is Cc1nn(-c2nn3c(c2Cl)CCCC3)c(C)c1C(N)=S. The van der Waals surface area contributed by atoms with Crippen molar-refractivity contribution in [1.82, 2.24) is 19.6 Å². The van der Waals surface area contributed by atoms with Gasteiger partial charge in [0.15, 0.2) is 5.82 Å². The monoisotopic (exact) mass is 309 g/mol. The van der Waals surface area contributed by atoms with Gasteiger partial charge in [0, 0.05) is 6.54 Å². The fourth-order valence-electron chi connectivity index (χ4n) is 2.78. The summed E-state index contributed by atoms with van der Waals surface area (Å²) in [5.74, 6) is 0.673. The van der Waals surface area contributed by atoms with Gasteiger partial charge in [-0.25, -0.2) is 4.68 Å². The Balaban J connectivity index is 2.17. The topological polar surface area (TPSA) is 61.7 Å². The molecule has 0 unspecified atom stereocenters. The molecule has 1 aliphatic heterocycles. The molecule has 0 fully saturated rings. The quantitative estimate of drug-likeness (QED) is 0.865. The van der Waals surface area contributed by atoms with Gasteiger partial charge in [-0.05, 0) is 33.1 Å².